The van der Waals surface area contributed by atoms with Gasteiger partial charge in [0.25, 0.3) is 0 Å². The first-order valence-corrected chi connectivity index (χ1v) is 5.94. The van der Waals surface area contributed by atoms with Crippen LogP contribution < -0.4 is 5.30 Å². The fourth-order valence-corrected chi connectivity index (χ4v) is 1.34. The van der Waals surface area contributed by atoms with Crippen molar-refractivity contribution in [1.82, 2.24) is 9.97 Å². The third kappa shape index (κ3) is 2.12. The van der Waals surface area contributed by atoms with Crippen molar-refractivity contribution in [2.45, 2.75) is 6.92 Å². The third-order valence-corrected chi connectivity index (χ3v) is 2.86. The zero-order chi connectivity index (χ0) is 8.48. The van der Waals surface area contributed by atoms with Gasteiger partial charge in [-0.05, 0) is 20.3 Å². The summed E-state index contributed by atoms with van der Waals surface area (Å²) in [5.41, 5.74) is 0. The summed E-state index contributed by atoms with van der Waals surface area (Å²) < 4.78 is 11.4. The van der Waals surface area contributed by atoms with Crippen molar-refractivity contribution in [2.24, 2.45) is 0 Å². The van der Waals surface area contributed by atoms with E-state index < -0.39 is 7.14 Å². The highest BCUT2D eigenvalue weighted by Gasteiger charge is 2.10. The fourth-order valence-electron chi connectivity index (χ4n) is 0.664. The van der Waals surface area contributed by atoms with Crippen molar-refractivity contribution in [3.8, 4) is 0 Å². The van der Waals surface area contributed by atoms with Crippen molar-refractivity contribution in [2.75, 3.05) is 13.3 Å². The minimum absolute atomic E-state index is 0.710. The van der Waals surface area contributed by atoms with Crippen LogP contribution in [0.1, 0.15) is 5.82 Å². The number of hydrogen-bond acceptors (Lipinski definition) is 3. The monoisotopic (exact) mass is 170 g/mol. The van der Waals surface area contributed by atoms with Crippen LogP contribution in [0.5, 0.6) is 0 Å². The van der Waals surface area contributed by atoms with Gasteiger partial charge in [0, 0.05) is 17.7 Å². The number of rotatable bonds is 1. The summed E-state index contributed by atoms with van der Waals surface area (Å²) in [5, 5.41) is 0.739. The minimum Gasteiger partial charge on any atom is -0.319 e. The first-order chi connectivity index (χ1) is 5.00. The zero-order valence-electron chi connectivity index (χ0n) is 6.90. The maximum Gasteiger partial charge on any atom is 0.125 e. The van der Waals surface area contributed by atoms with Crippen LogP contribution in [0.3, 0.4) is 0 Å². The SMILES string of the molecule is Cc1ncc(P(C)(C)=O)cn1. The Morgan fingerprint density at radius 2 is 1.73 bits per heavy atom. The van der Waals surface area contributed by atoms with Crippen LogP contribution in [0.2, 0.25) is 0 Å². The molecular formula is C7H11N2OP. The molecule has 0 fully saturated rings. The first-order valence-electron chi connectivity index (χ1n) is 3.34. The van der Waals surface area contributed by atoms with Gasteiger partial charge in [-0.15, -0.1) is 0 Å². The zero-order valence-corrected chi connectivity index (χ0v) is 7.80. The lowest BCUT2D eigenvalue weighted by Crippen LogP contribution is -2.05. The summed E-state index contributed by atoms with van der Waals surface area (Å²) in [6.45, 7) is 5.22. The lowest BCUT2D eigenvalue weighted by atomic mass is 10.6. The van der Waals surface area contributed by atoms with Crippen molar-refractivity contribution < 1.29 is 4.57 Å². The Bertz CT molecular complexity index is 288. The molecule has 1 heterocycles. The summed E-state index contributed by atoms with van der Waals surface area (Å²) in [6, 6.07) is 0. The molecule has 0 saturated heterocycles. The second-order valence-corrected chi connectivity index (χ2v) is 6.06. The number of aromatic nitrogens is 2. The highest BCUT2D eigenvalue weighted by Crippen LogP contribution is 2.33. The predicted octanol–water partition coefficient (Wildman–Crippen LogP) is 1.03. The molecule has 0 aliphatic carbocycles. The molecule has 0 bridgehead atoms. The smallest absolute Gasteiger partial charge is 0.125 e. The molecule has 0 saturated carbocycles. The average Bonchev–Trinajstić information content (AvgIpc) is 1.86. The van der Waals surface area contributed by atoms with E-state index in [-0.39, 0.29) is 0 Å². The molecule has 0 atom stereocenters. The molecule has 0 amide bonds. The normalized spacial score (nSPS) is 11.5. The third-order valence-electron chi connectivity index (χ3n) is 1.39. The standard InChI is InChI=1S/C7H11N2OP/c1-6-8-4-7(5-9-6)11(2,3)10/h4-5H,1-3H3. The first kappa shape index (κ1) is 8.41. The molecule has 0 N–H and O–H groups in total. The quantitative estimate of drug-likeness (QED) is 0.591. The summed E-state index contributed by atoms with van der Waals surface area (Å²) in [5.74, 6) is 0.710. The van der Waals surface area contributed by atoms with Crippen LogP contribution >= 0.6 is 7.14 Å². The summed E-state index contributed by atoms with van der Waals surface area (Å²) in [6.07, 6.45) is 3.26. The topological polar surface area (TPSA) is 42.9 Å². The molecule has 0 aliphatic heterocycles. The Morgan fingerprint density at radius 3 is 2.09 bits per heavy atom. The van der Waals surface area contributed by atoms with Crippen molar-refractivity contribution in [1.29, 1.82) is 0 Å². The molecule has 0 aliphatic rings. The van der Waals surface area contributed by atoms with Gasteiger partial charge < -0.3 is 4.57 Å². The van der Waals surface area contributed by atoms with Gasteiger partial charge in [-0.3, -0.25) is 0 Å². The van der Waals surface area contributed by atoms with E-state index in [1.54, 1.807) is 32.6 Å². The van der Waals surface area contributed by atoms with E-state index in [1.165, 1.54) is 0 Å². The van der Waals surface area contributed by atoms with Gasteiger partial charge in [0.2, 0.25) is 0 Å². The van der Waals surface area contributed by atoms with Gasteiger partial charge in [-0.25, -0.2) is 9.97 Å². The molecule has 0 aromatic carbocycles. The van der Waals surface area contributed by atoms with Crippen molar-refractivity contribution in [3.63, 3.8) is 0 Å². The number of aryl methyl sites for hydroxylation is 1. The Hall–Kier alpha value is -0.690. The molecule has 1 aromatic heterocycles. The molecule has 11 heavy (non-hydrogen) atoms. The fraction of sp³-hybridized carbons (Fsp3) is 0.429. The van der Waals surface area contributed by atoms with Crippen molar-refractivity contribution >= 4 is 12.4 Å². The summed E-state index contributed by atoms with van der Waals surface area (Å²) in [7, 11) is -2.16. The van der Waals surface area contributed by atoms with Crippen LogP contribution in [0.25, 0.3) is 0 Å². The van der Waals surface area contributed by atoms with E-state index in [0.29, 0.717) is 5.82 Å². The predicted molar refractivity (Wildman–Crippen MR) is 45.9 cm³/mol. The highest BCUT2D eigenvalue weighted by molar-refractivity contribution is 7.70. The molecule has 4 heteroatoms. The molecular weight excluding hydrogens is 159 g/mol. The molecule has 60 valence electrons. The van der Waals surface area contributed by atoms with Crippen LogP contribution in [-0.2, 0) is 4.57 Å². The summed E-state index contributed by atoms with van der Waals surface area (Å²) in [4.78, 5) is 7.92. The van der Waals surface area contributed by atoms with E-state index in [9.17, 15) is 4.57 Å². The highest BCUT2D eigenvalue weighted by atomic mass is 31.2. The largest absolute Gasteiger partial charge is 0.319 e. The van der Waals surface area contributed by atoms with Crippen LogP contribution in [0, 0.1) is 6.92 Å². The van der Waals surface area contributed by atoms with Crippen LogP contribution in [0.4, 0.5) is 0 Å². The van der Waals surface area contributed by atoms with E-state index in [1.807, 2.05) is 0 Å². The van der Waals surface area contributed by atoms with Gasteiger partial charge in [-0.2, -0.15) is 0 Å². The molecule has 1 aromatic rings. The van der Waals surface area contributed by atoms with E-state index in [2.05, 4.69) is 9.97 Å². The second kappa shape index (κ2) is 2.74. The maximum absolute atomic E-state index is 11.4. The Labute approximate surface area is 66.3 Å². The van der Waals surface area contributed by atoms with E-state index >= 15 is 0 Å². The molecule has 1 rings (SSSR count). The Balaban J connectivity index is 3.09. The van der Waals surface area contributed by atoms with Crippen LogP contribution in [-0.4, -0.2) is 23.3 Å². The van der Waals surface area contributed by atoms with E-state index in [0.717, 1.165) is 5.30 Å². The van der Waals surface area contributed by atoms with Gasteiger partial charge in [-0.1, -0.05) is 0 Å². The Morgan fingerprint density at radius 1 is 1.27 bits per heavy atom. The van der Waals surface area contributed by atoms with Gasteiger partial charge in [0.1, 0.15) is 13.0 Å². The molecule has 0 radical (unpaired) electrons. The second-order valence-electron chi connectivity index (χ2n) is 2.84. The Kier molecular flexibility index (Phi) is 2.10. The lowest BCUT2D eigenvalue weighted by Gasteiger charge is -2.04. The average molecular weight is 170 g/mol. The molecule has 3 nitrogen and oxygen atoms in total. The number of nitrogens with zero attached hydrogens (tertiary/aromatic N) is 2. The van der Waals surface area contributed by atoms with Gasteiger partial charge in [0.15, 0.2) is 0 Å². The van der Waals surface area contributed by atoms with Gasteiger partial charge in [0.05, 0.1) is 0 Å². The lowest BCUT2D eigenvalue weighted by molar-refractivity contribution is 0.588. The minimum atomic E-state index is -2.16. The summed E-state index contributed by atoms with van der Waals surface area (Å²) >= 11 is 0. The van der Waals surface area contributed by atoms with Crippen LogP contribution in [0.15, 0.2) is 12.4 Å². The maximum atomic E-state index is 11.4. The van der Waals surface area contributed by atoms with Crippen molar-refractivity contribution in [3.05, 3.63) is 18.2 Å². The molecule has 0 unspecified atom stereocenters. The van der Waals surface area contributed by atoms with Gasteiger partial charge >= 0.3 is 0 Å². The van der Waals surface area contributed by atoms with E-state index in [4.69, 9.17) is 0 Å². The molecule has 0 spiro atoms. The number of hydrogen-bond donors (Lipinski definition) is 0.